The lowest BCUT2D eigenvalue weighted by Crippen LogP contribution is -2.44. The number of fused-ring (bicyclic) bond motifs is 1. The number of hydrogen-bond acceptors (Lipinski definition) is 4. The third-order valence-electron chi connectivity index (χ3n) is 7.05. The smallest absolute Gasteiger partial charge is 0.270 e. The normalized spacial score (nSPS) is 14.6. The molecule has 0 aliphatic carbocycles. The van der Waals surface area contributed by atoms with Crippen LogP contribution in [0.4, 0.5) is 4.39 Å². The van der Waals surface area contributed by atoms with Gasteiger partial charge in [0.25, 0.3) is 5.91 Å². The fourth-order valence-electron chi connectivity index (χ4n) is 5.04. The van der Waals surface area contributed by atoms with Gasteiger partial charge in [0.2, 0.25) is 0 Å². The molecule has 3 heterocycles. The minimum Gasteiger partial charge on any atom is -0.348 e. The molecule has 0 unspecified atom stereocenters. The number of benzene rings is 3. The Hall–Kier alpha value is -4.36. The summed E-state index contributed by atoms with van der Waals surface area (Å²) in [5.74, 6) is -0.636. The highest BCUT2D eigenvalue weighted by Gasteiger charge is 2.23. The standard InChI is InChI=1S/C31H28FN5O/c32-26-14-8-7-13-25(26)29-19-28(34-30-20-27(35-37(29)30)23-11-5-2-6-12-23)31(38)33-24-15-17-36(18-16-24)21-22-9-3-1-4-10-22/h1-14,19-20,24H,15-18,21H2,(H,33,38). The van der Waals surface area contributed by atoms with Crippen LogP contribution in [0.3, 0.4) is 0 Å². The van der Waals surface area contributed by atoms with E-state index in [1.165, 1.54) is 11.6 Å². The molecule has 1 fully saturated rings. The Morgan fingerprint density at radius 3 is 2.32 bits per heavy atom. The van der Waals surface area contributed by atoms with E-state index in [1.807, 2.05) is 42.5 Å². The summed E-state index contributed by atoms with van der Waals surface area (Å²) in [4.78, 5) is 20.4. The molecular formula is C31H28FN5O. The number of aromatic nitrogens is 3. The largest absolute Gasteiger partial charge is 0.348 e. The molecule has 6 rings (SSSR count). The number of nitrogens with zero attached hydrogens (tertiary/aromatic N) is 4. The third-order valence-corrected chi connectivity index (χ3v) is 7.05. The van der Waals surface area contributed by atoms with Crippen LogP contribution < -0.4 is 5.32 Å². The first-order valence-corrected chi connectivity index (χ1v) is 12.9. The van der Waals surface area contributed by atoms with Gasteiger partial charge in [-0.2, -0.15) is 5.10 Å². The van der Waals surface area contributed by atoms with E-state index in [2.05, 4.69) is 39.5 Å². The van der Waals surface area contributed by atoms with Crippen LogP contribution in [0.2, 0.25) is 0 Å². The average molecular weight is 506 g/mol. The molecule has 5 aromatic rings. The van der Waals surface area contributed by atoms with Gasteiger partial charge < -0.3 is 5.32 Å². The monoisotopic (exact) mass is 505 g/mol. The van der Waals surface area contributed by atoms with E-state index in [0.717, 1.165) is 38.0 Å². The molecule has 0 saturated carbocycles. The maximum absolute atomic E-state index is 14.9. The Balaban J connectivity index is 1.25. The highest BCUT2D eigenvalue weighted by Crippen LogP contribution is 2.27. The van der Waals surface area contributed by atoms with Crippen molar-refractivity contribution in [2.75, 3.05) is 13.1 Å². The molecule has 2 aromatic heterocycles. The maximum atomic E-state index is 14.9. The number of piperidine rings is 1. The van der Waals surface area contributed by atoms with E-state index in [4.69, 9.17) is 5.10 Å². The summed E-state index contributed by atoms with van der Waals surface area (Å²) >= 11 is 0. The number of amides is 1. The number of carbonyl (C=O) groups excluding carboxylic acids is 1. The Labute approximate surface area is 220 Å². The van der Waals surface area contributed by atoms with Crippen molar-refractivity contribution in [2.45, 2.75) is 25.4 Å². The van der Waals surface area contributed by atoms with Crippen LogP contribution >= 0.6 is 0 Å². The van der Waals surface area contributed by atoms with Crippen molar-refractivity contribution in [3.8, 4) is 22.5 Å². The van der Waals surface area contributed by atoms with Crippen molar-refractivity contribution in [3.05, 3.63) is 114 Å². The van der Waals surface area contributed by atoms with Crippen LogP contribution in [0, 0.1) is 5.82 Å². The second kappa shape index (κ2) is 10.6. The number of nitrogens with one attached hydrogen (secondary N) is 1. The third kappa shape index (κ3) is 5.06. The zero-order valence-electron chi connectivity index (χ0n) is 20.9. The van der Waals surface area contributed by atoms with E-state index in [-0.39, 0.29) is 23.5 Å². The van der Waals surface area contributed by atoms with Gasteiger partial charge in [-0.05, 0) is 36.6 Å². The molecule has 0 radical (unpaired) electrons. The highest BCUT2D eigenvalue weighted by molar-refractivity contribution is 5.94. The molecule has 1 amide bonds. The van der Waals surface area contributed by atoms with Crippen LogP contribution in [-0.2, 0) is 6.54 Å². The summed E-state index contributed by atoms with van der Waals surface area (Å²) in [5, 5.41) is 7.87. The van der Waals surface area contributed by atoms with Crippen LogP contribution in [-0.4, -0.2) is 44.5 Å². The zero-order chi connectivity index (χ0) is 25.9. The SMILES string of the molecule is O=C(NC1CCN(Cc2ccccc2)CC1)c1cc(-c2ccccc2F)n2nc(-c3ccccc3)cc2n1. The molecule has 1 N–H and O–H groups in total. The molecular weight excluding hydrogens is 477 g/mol. The minimum atomic E-state index is -0.381. The van der Waals surface area contributed by atoms with Crippen molar-refractivity contribution >= 4 is 11.6 Å². The average Bonchev–Trinajstić information content (AvgIpc) is 3.40. The van der Waals surface area contributed by atoms with E-state index in [9.17, 15) is 9.18 Å². The minimum absolute atomic E-state index is 0.0641. The van der Waals surface area contributed by atoms with Gasteiger partial charge in [0.1, 0.15) is 11.5 Å². The molecule has 6 nitrogen and oxygen atoms in total. The van der Waals surface area contributed by atoms with Gasteiger partial charge in [0.05, 0.1) is 11.4 Å². The highest BCUT2D eigenvalue weighted by atomic mass is 19.1. The number of carbonyl (C=O) groups is 1. The van der Waals surface area contributed by atoms with Gasteiger partial charge in [-0.15, -0.1) is 0 Å². The van der Waals surface area contributed by atoms with Crippen LogP contribution in [0.25, 0.3) is 28.2 Å². The lowest BCUT2D eigenvalue weighted by atomic mass is 10.0. The topological polar surface area (TPSA) is 62.5 Å². The second-order valence-corrected chi connectivity index (χ2v) is 9.68. The van der Waals surface area contributed by atoms with Crippen molar-refractivity contribution in [1.82, 2.24) is 24.8 Å². The summed E-state index contributed by atoms with van der Waals surface area (Å²) in [7, 11) is 0. The van der Waals surface area contributed by atoms with Crippen molar-refractivity contribution in [2.24, 2.45) is 0 Å². The molecule has 0 bridgehead atoms. The van der Waals surface area contributed by atoms with Crippen LogP contribution in [0.5, 0.6) is 0 Å². The number of likely N-dealkylation sites (tertiary alicyclic amines) is 1. The predicted octanol–water partition coefficient (Wildman–Crippen LogP) is 5.60. The van der Waals surface area contributed by atoms with E-state index in [0.29, 0.717) is 22.6 Å². The molecule has 38 heavy (non-hydrogen) atoms. The lowest BCUT2D eigenvalue weighted by molar-refractivity contribution is 0.0904. The molecule has 1 aliphatic rings. The summed E-state index contributed by atoms with van der Waals surface area (Å²) < 4.78 is 16.5. The molecule has 0 spiro atoms. The van der Waals surface area contributed by atoms with Gasteiger partial charge in [0.15, 0.2) is 5.65 Å². The fraction of sp³-hybridized carbons (Fsp3) is 0.194. The molecule has 190 valence electrons. The number of halogens is 1. The van der Waals surface area contributed by atoms with Gasteiger partial charge in [-0.3, -0.25) is 9.69 Å². The Morgan fingerprint density at radius 1 is 0.895 bits per heavy atom. The van der Waals surface area contributed by atoms with E-state index >= 15 is 0 Å². The molecule has 1 aliphatic heterocycles. The quantitative estimate of drug-likeness (QED) is 0.327. The van der Waals surface area contributed by atoms with Gasteiger partial charge in [-0.25, -0.2) is 13.9 Å². The van der Waals surface area contributed by atoms with Gasteiger partial charge >= 0.3 is 0 Å². The van der Waals surface area contributed by atoms with Crippen LogP contribution in [0.15, 0.2) is 97.1 Å². The zero-order valence-corrected chi connectivity index (χ0v) is 20.9. The maximum Gasteiger partial charge on any atom is 0.270 e. The van der Waals surface area contributed by atoms with Crippen molar-refractivity contribution in [3.63, 3.8) is 0 Å². The van der Waals surface area contributed by atoms with Gasteiger partial charge in [0, 0.05) is 42.9 Å². The molecule has 0 atom stereocenters. The first kappa shape index (κ1) is 24.0. The van der Waals surface area contributed by atoms with Crippen molar-refractivity contribution < 1.29 is 9.18 Å². The summed E-state index contributed by atoms with van der Waals surface area (Å²) in [6.07, 6.45) is 1.73. The summed E-state index contributed by atoms with van der Waals surface area (Å²) in [6.45, 7) is 2.74. The lowest BCUT2D eigenvalue weighted by Gasteiger charge is -2.32. The van der Waals surface area contributed by atoms with Gasteiger partial charge in [-0.1, -0.05) is 72.8 Å². The summed E-state index contributed by atoms with van der Waals surface area (Å²) in [6, 6.07) is 30.2. The molecule has 1 saturated heterocycles. The summed E-state index contributed by atoms with van der Waals surface area (Å²) in [5.41, 5.74) is 4.52. The Morgan fingerprint density at radius 2 is 1.58 bits per heavy atom. The molecule has 7 heteroatoms. The Kier molecular flexibility index (Phi) is 6.67. The first-order valence-electron chi connectivity index (χ1n) is 12.9. The van der Waals surface area contributed by atoms with Crippen molar-refractivity contribution in [1.29, 1.82) is 0 Å². The predicted molar refractivity (Wildman–Crippen MR) is 146 cm³/mol. The Bertz CT molecular complexity index is 1560. The first-order chi connectivity index (χ1) is 18.6. The van der Waals surface area contributed by atoms with Crippen LogP contribution in [0.1, 0.15) is 28.9 Å². The van der Waals surface area contributed by atoms with E-state index < -0.39 is 0 Å². The fourth-order valence-corrected chi connectivity index (χ4v) is 5.04. The van der Waals surface area contributed by atoms with E-state index in [1.54, 1.807) is 28.8 Å². The second-order valence-electron chi connectivity index (χ2n) is 9.68. The number of rotatable bonds is 6. The molecule has 3 aromatic carbocycles. The number of hydrogen-bond donors (Lipinski definition) is 1.